The van der Waals surface area contributed by atoms with E-state index in [4.69, 9.17) is 19.4 Å². The van der Waals surface area contributed by atoms with E-state index < -0.39 is 0 Å². The molecular weight excluding hydrogens is 843 g/mol. The van der Waals surface area contributed by atoms with Crippen molar-refractivity contribution in [2.24, 2.45) is 0 Å². The number of aromatic nitrogens is 5. The molecule has 0 amide bonds. The van der Waals surface area contributed by atoms with Crippen LogP contribution in [0.25, 0.3) is 133 Å². The van der Waals surface area contributed by atoms with E-state index >= 15 is 0 Å². The van der Waals surface area contributed by atoms with Crippen LogP contribution in [0.1, 0.15) is 0 Å². The summed E-state index contributed by atoms with van der Waals surface area (Å²) in [5.74, 6) is 1.78. The van der Waals surface area contributed by atoms with E-state index in [1.165, 1.54) is 5.39 Å². The van der Waals surface area contributed by atoms with E-state index in [-0.39, 0.29) is 0 Å². The van der Waals surface area contributed by atoms with Gasteiger partial charge in [0, 0.05) is 60.4 Å². The molecule has 0 atom stereocenters. The van der Waals surface area contributed by atoms with Crippen molar-refractivity contribution in [3.8, 4) is 67.8 Å². The summed E-state index contributed by atoms with van der Waals surface area (Å²) in [6.07, 6.45) is 0. The van der Waals surface area contributed by atoms with Gasteiger partial charge in [-0.05, 0) is 70.8 Å². The summed E-state index contributed by atoms with van der Waals surface area (Å²) in [6, 6.07) is 83.0. The van der Waals surface area contributed by atoms with Crippen molar-refractivity contribution in [3.05, 3.63) is 237 Å². The minimum Gasteiger partial charge on any atom is -0.452 e. The topological polar surface area (TPSA) is 61.7 Å². The molecule has 0 aliphatic rings. The summed E-state index contributed by atoms with van der Waals surface area (Å²) in [7, 11) is 0. The number of nitrogens with zero attached hydrogens (tertiary/aromatic N) is 5. The molecule has 0 spiro atoms. The predicted octanol–water partition coefficient (Wildman–Crippen LogP) is 16.3. The Hall–Kier alpha value is -9.39. The zero-order valence-electron chi connectivity index (χ0n) is 37.2. The first-order valence-corrected chi connectivity index (χ1v) is 23.3. The molecule has 14 aromatic rings. The van der Waals surface area contributed by atoms with Gasteiger partial charge in [-0.3, -0.25) is 0 Å². The Morgan fingerprint density at radius 1 is 0.275 bits per heavy atom. The fourth-order valence-electron chi connectivity index (χ4n) is 10.4. The van der Waals surface area contributed by atoms with Crippen molar-refractivity contribution in [1.29, 1.82) is 0 Å². The van der Waals surface area contributed by atoms with Gasteiger partial charge in [-0.2, -0.15) is 0 Å². The van der Waals surface area contributed by atoms with Crippen molar-refractivity contribution < 1.29 is 4.42 Å². The molecule has 6 nitrogen and oxygen atoms in total. The third-order valence-electron chi connectivity index (χ3n) is 13.6. The molecule has 0 aliphatic heterocycles. The predicted molar refractivity (Wildman–Crippen MR) is 283 cm³/mol. The Morgan fingerprint density at radius 3 is 1.35 bits per heavy atom. The molecule has 4 heterocycles. The summed E-state index contributed by atoms with van der Waals surface area (Å²) in [6.45, 7) is 0. The number of rotatable bonds is 7. The first-order chi connectivity index (χ1) is 34.2. The monoisotopic (exact) mass is 881 g/mol. The van der Waals surface area contributed by atoms with E-state index in [0.717, 1.165) is 110 Å². The van der Waals surface area contributed by atoms with Gasteiger partial charge in [0.05, 0.1) is 22.1 Å². The molecule has 0 unspecified atom stereocenters. The molecule has 0 saturated heterocycles. The lowest BCUT2D eigenvalue weighted by Crippen LogP contribution is -2.02. The van der Waals surface area contributed by atoms with Crippen LogP contribution in [0.4, 0.5) is 0 Å². The molecule has 0 saturated carbocycles. The first-order valence-electron chi connectivity index (χ1n) is 23.3. The van der Waals surface area contributed by atoms with E-state index in [1.54, 1.807) is 0 Å². The SMILES string of the molecule is c1ccc(-c2ccc(-c3nc(-c4cccc(-n5c6ccccc6c6ccc7c8ccc9c%10ccccc%10n(-c%10ccccc%10)c9c8oc7c65)c4)nc(-c4ccccc4-c4ccccc4)n3)cc2)cc1. The molecule has 0 fully saturated rings. The van der Waals surface area contributed by atoms with Crippen molar-refractivity contribution in [2.45, 2.75) is 0 Å². The number of hydrogen-bond donors (Lipinski definition) is 0. The zero-order chi connectivity index (χ0) is 45.4. The fraction of sp³-hybridized carbons (Fsp3) is 0. The van der Waals surface area contributed by atoms with Crippen LogP contribution in [0, 0.1) is 0 Å². The van der Waals surface area contributed by atoms with Gasteiger partial charge in [0.15, 0.2) is 28.6 Å². The molecule has 322 valence electrons. The van der Waals surface area contributed by atoms with Crippen molar-refractivity contribution in [3.63, 3.8) is 0 Å². The van der Waals surface area contributed by atoms with Crippen LogP contribution in [0.2, 0.25) is 0 Å². The molecule has 0 radical (unpaired) electrons. The average Bonchev–Trinajstić information content (AvgIpc) is 4.10. The van der Waals surface area contributed by atoms with Crippen LogP contribution in [-0.4, -0.2) is 24.1 Å². The summed E-state index contributed by atoms with van der Waals surface area (Å²) < 4.78 is 12.0. The lowest BCUT2D eigenvalue weighted by molar-refractivity contribution is 0.673. The normalized spacial score (nSPS) is 11.8. The molecular formula is C63H39N5O. The maximum Gasteiger partial charge on any atom is 0.164 e. The van der Waals surface area contributed by atoms with Crippen molar-refractivity contribution in [1.82, 2.24) is 24.1 Å². The van der Waals surface area contributed by atoms with Crippen molar-refractivity contribution in [2.75, 3.05) is 0 Å². The Balaban J connectivity index is 0.987. The Labute approximate surface area is 396 Å². The van der Waals surface area contributed by atoms with E-state index in [9.17, 15) is 0 Å². The van der Waals surface area contributed by atoms with Gasteiger partial charge in [-0.1, -0.05) is 188 Å². The van der Waals surface area contributed by atoms with E-state index in [1.807, 2.05) is 18.2 Å². The summed E-state index contributed by atoms with van der Waals surface area (Å²) in [5.41, 5.74) is 15.2. The number of fused-ring (bicyclic) bond motifs is 11. The maximum atomic E-state index is 7.32. The maximum absolute atomic E-state index is 7.32. The summed E-state index contributed by atoms with van der Waals surface area (Å²) >= 11 is 0. The minimum absolute atomic E-state index is 0.581. The smallest absolute Gasteiger partial charge is 0.164 e. The zero-order valence-corrected chi connectivity index (χ0v) is 37.2. The first kappa shape index (κ1) is 38.8. The van der Waals surface area contributed by atoms with Crippen LogP contribution in [0.5, 0.6) is 0 Å². The third-order valence-corrected chi connectivity index (χ3v) is 13.6. The Bertz CT molecular complexity index is 4280. The second-order valence-electron chi connectivity index (χ2n) is 17.5. The lowest BCUT2D eigenvalue weighted by atomic mass is 9.99. The molecule has 0 aliphatic carbocycles. The molecule has 10 aromatic carbocycles. The largest absolute Gasteiger partial charge is 0.452 e. The van der Waals surface area contributed by atoms with Crippen LogP contribution < -0.4 is 0 Å². The van der Waals surface area contributed by atoms with Crippen LogP contribution in [-0.2, 0) is 0 Å². The van der Waals surface area contributed by atoms with Crippen LogP contribution >= 0.6 is 0 Å². The van der Waals surface area contributed by atoms with Gasteiger partial charge in [-0.15, -0.1) is 0 Å². The van der Waals surface area contributed by atoms with E-state index in [0.29, 0.717) is 17.5 Å². The molecule has 0 bridgehead atoms. The van der Waals surface area contributed by atoms with E-state index in [2.05, 4.69) is 228 Å². The van der Waals surface area contributed by atoms with Crippen molar-refractivity contribution >= 4 is 65.6 Å². The third kappa shape index (κ3) is 6.23. The second-order valence-corrected chi connectivity index (χ2v) is 17.5. The van der Waals surface area contributed by atoms with Gasteiger partial charge in [0.2, 0.25) is 0 Å². The molecule has 14 rings (SSSR count). The van der Waals surface area contributed by atoms with Gasteiger partial charge >= 0.3 is 0 Å². The van der Waals surface area contributed by atoms with Gasteiger partial charge in [0.25, 0.3) is 0 Å². The van der Waals surface area contributed by atoms with Crippen LogP contribution in [0.3, 0.4) is 0 Å². The Morgan fingerprint density at radius 2 is 0.710 bits per heavy atom. The minimum atomic E-state index is 0.581. The average molecular weight is 882 g/mol. The highest BCUT2D eigenvalue weighted by Crippen LogP contribution is 2.45. The van der Waals surface area contributed by atoms with Gasteiger partial charge < -0.3 is 13.6 Å². The van der Waals surface area contributed by atoms with Crippen LogP contribution in [0.15, 0.2) is 241 Å². The number of para-hydroxylation sites is 3. The lowest BCUT2D eigenvalue weighted by Gasteiger charge is -2.13. The van der Waals surface area contributed by atoms with Gasteiger partial charge in [0.1, 0.15) is 0 Å². The van der Waals surface area contributed by atoms with Gasteiger partial charge in [-0.25, -0.2) is 15.0 Å². The number of benzene rings is 10. The number of furan rings is 1. The standard InChI is InChI=1S/C63H39N5O/c1-4-17-40(18-5-1)41-31-33-43(34-32-41)61-64-62(66-63(65-61)54-28-11-10-25-47(54)42-19-6-2-7-20-42)44-21-16-24-46(39-44)68-56-30-15-13-27-49(56)51-36-38-53-52-37-35-50-48-26-12-14-29-55(48)67(45-22-8-3-9-23-45)57(50)59(52)69-60(53)58(51)68/h1-39H. The second kappa shape index (κ2) is 15.6. The summed E-state index contributed by atoms with van der Waals surface area (Å²) in [4.78, 5) is 15.8. The highest BCUT2D eigenvalue weighted by molar-refractivity contribution is 6.26. The molecule has 4 aromatic heterocycles. The highest BCUT2D eigenvalue weighted by atomic mass is 16.3. The molecule has 0 N–H and O–H groups in total. The highest BCUT2D eigenvalue weighted by Gasteiger charge is 2.24. The summed E-state index contributed by atoms with van der Waals surface area (Å²) in [5, 5.41) is 6.73. The quantitative estimate of drug-likeness (QED) is 0.160. The number of hydrogen-bond acceptors (Lipinski definition) is 4. The molecule has 6 heteroatoms. The fourth-order valence-corrected chi connectivity index (χ4v) is 10.4. The Kier molecular flexibility index (Phi) is 8.79. The molecule has 69 heavy (non-hydrogen) atoms.